The van der Waals surface area contributed by atoms with Gasteiger partial charge in [-0.15, -0.1) is 0 Å². The summed E-state index contributed by atoms with van der Waals surface area (Å²) in [5, 5.41) is 23.0. The maximum Gasteiger partial charge on any atom is 0.366 e. The molecule has 3 rings (SSSR count). The van der Waals surface area contributed by atoms with Crippen molar-refractivity contribution in [1.29, 1.82) is 5.26 Å². The summed E-state index contributed by atoms with van der Waals surface area (Å²) >= 11 is 0. The quantitative estimate of drug-likeness (QED) is 0.529. The summed E-state index contributed by atoms with van der Waals surface area (Å²) in [6, 6.07) is 21.6. The third-order valence-corrected chi connectivity index (χ3v) is 4.96. The predicted octanol–water partition coefficient (Wildman–Crippen LogP) is 4.45. The molecule has 0 saturated heterocycles. The van der Waals surface area contributed by atoms with Gasteiger partial charge in [0.05, 0.1) is 17.6 Å². The van der Waals surface area contributed by atoms with E-state index in [-0.39, 0.29) is 11.7 Å². The van der Waals surface area contributed by atoms with Crippen LogP contribution in [-0.2, 0) is 9.59 Å². The highest BCUT2D eigenvalue weighted by Crippen LogP contribution is 2.30. The van der Waals surface area contributed by atoms with Gasteiger partial charge in [-0.25, -0.2) is 4.79 Å². The van der Waals surface area contributed by atoms with Crippen LogP contribution in [0.1, 0.15) is 37.3 Å². The molecule has 2 N–H and O–H groups in total. The molecule has 0 aromatic heterocycles. The van der Waals surface area contributed by atoms with Gasteiger partial charge in [0.2, 0.25) is 5.91 Å². The molecule has 0 fully saturated rings. The normalized spacial score (nSPS) is 12.7. The molecule has 0 aliphatic rings. The number of nitriles is 1. The molecule has 0 radical (unpaired) electrons. The monoisotopic (exact) mass is 416 g/mol. The van der Waals surface area contributed by atoms with Crippen molar-refractivity contribution in [3.05, 3.63) is 77.9 Å². The molecule has 0 aliphatic heterocycles. The minimum absolute atomic E-state index is 0.220. The van der Waals surface area contributed by atoms with Crippen molar-refractivity contribution in [2.45, 2.75) is 32.4 Å². The molecule has 3 aromatic carbocycles. The molecular formula is C25H24N2O4. The highest BCUT2D eigenvalue weighted by atomic mass is 16.5. The van der Waals surface area contributed by atoms with E-state index in [1.54, 1.807) is 0 Å². The lowest BCUT2D eigenvalue weighted by atomic mass is 9.86. The fourth-order valence-corrected chi connectivity index (χ4v) is 3.52. The molecule has 6 nitrogen and oxygen atoms in total. The molecular weight excluding hydrogens is 392 g/mol. The zero-order valence-electron chi connectivity index (χ0n) is 17.4. The lowest BCUT2D eigenvalue weighted by Gasteiger charge is -2.23. The van der Waals surface area contributed by atoms with Crippen molar-refractivity contribution in [3.8, 4) is 11.8 Å². The Morgan fingerprint density at radius 3 is 2.35 bits per heavy atom. The van der Waals surface area contributed by atoms with Crippen LogP contribution in [0.5, 0.6) is 5.75 Å². The van der Waals surface area contributed by atoms with E-state index in [0.29, 0.717) is 12.0 Å². The summed E-state index contributed by atoms with van der Waals surface area (Å²) in [4.78, 5) is 25.0. The minimum atomic E-state index is -1.55. The van der Waals surface area contributed by atoms with Crippen molar-refractivity contribution < 1.29 is 19.4 Å². The summed E-state index contributed by atoms with van der Waals surface area (Å²) in [5.74, 6) is -1.78. The summed E-state index contributed by atoms with van der Waals surface area (Å²) in [5.41, 5.74) is 1.28. The molecule has 0 bridgehead atoms. The van der Waals surface area contributed by atoms with Crippen LogP contribution in [0.15, 0.2) is 66.7 Å². The number of carbonyl (C=O) groups is 2. The SMILES string of the molecule is CC(C)CC(C(=O)NC(Oc1ccc(C#N)cc1)C(=O)O)c1cccc2ccccc12. The lowest BCUT2D eigenvalue weighted by Crippen LogP contribution is -2.46. The average Bonchev–Trinajstić information content (AvgIpc) is 2.77. The van der Waals surface area contributed by atoms with Gasteiger partial charge in [0.1, 0.15) is 5.75 Å². The minimum Gasteiger partial charge on any atom is -0.477 e. The third-order valence-electron chi connectivity index (χ3n) is 4.96. The fraction of sp³-hybridized carbons (Fsp3) is 0.240. The topological polar surface area (TPSA) is 99.4 Å². The number of nitrogens with zero attached hydrogens (tertiary/aromatic N) is 1. The number of rotatable bonds is 8. The van der Waals surface area contributed by atoms with Crippen LogP contribution >= 0.6 is 0 Å². The predicted molar refractivity (Wildman–Crippen MR) is 117 cm³/mol. The molecule has 3 aromatic rings. The van der Waals surface area contributed by atoms with E-state index in [1.165, 1.54) is 24.3 Å². The van der Waals surface area contributed by atoms with Crippen molar-refractivity contribution in [2.24, 2.45) is 5.92 Å². The molecule has 2 unspecified atom stereocenters. The van der Waals surface area contributed by atoms with Crippen LogP contribution in [0.2, 0.25) is 0 Å². The largest absolute Gasteiger partial charge is 0.477 e. The fourth-order valence-electron chi connectivity index (χ4n) is 3.52. The Hall–Kier alpha value is -3.85. The Kier molecular flexibility index (Phi) is 6.88. The van der Waals surface area contributed by atoms with Crippen LogP contribution < -0.4 is 10.1 Å². The Morgan fingerprint density at radius 2 is 1.71 bits per heavy atom. The number of carboxylic acid groups (broad SMARTS) is 1. The summed E-state index contributed by atoms with van der Waals surface area (Å²) < 4.78 is 5.48. The number of nitrogens with one attached hydrogen (secondary N) is 1. The van der Waals surface area contributed by atoms with E-state index in [2.05, 4.69) is 5.32 Å². The molecule has 31 heavy (non-hydrogen) atoms. The third kappa shape index (κ3) is 5.40. The first-order valence-corrected chi connectivity index (χ1v) is 10.1. The zero-order chi connectivity index (χ0) is 22.4. The van der Waals surface area contributed by atoms with E-state index >= 15 is 0 Å². The van der Waals surface area contributed by atoms with Crippen molar-refractivity contribution in [2.75, 3.05) is 0 Å². The number of hydrogen-bond donors (Lipinski definition) is 2. The molecule has 0 saturated carbocycles. The number of fused-ring (bicyclic) bond motifs is 1. The van der Waals surface area contributed by atoms with Crippen molar-refractivity contribution >= 4 is 22.6 Å². The summed E-state index contributed by atoms with van der Waals surface area (Å²) in [7, 11) is 0. The van der Waals surface area contributed by atoms with Crippen LogP contribution in [0, 0.1) is 17.2 Å². The highest BCUT2D eigenvalue weighted by Gasteiger charge is 2.29. The van der Waals surface area contributed by atoms with Gasteiger partial charge in [-0.1, -0.05) is 56.3 Å². The second-order valence-corrected chi connectivity index (χ2v) is 7.73. The van der Waals surface area contributed by atoms with Crippen LogP contribution in [0.25, 0.3) is 10.8 Å². The molecule has 0 spiro atoms. The maximum atomic E-state index is 13.2. The number of amides is 1. The zero-order valence-corrected chi connectivity index (χ0v) is 17.4. The van der Waals surface area contributed by atoms with Crippen LogP contribution in [0.3, 0.4) is 0 Å². The molecule has 2 atom stereocenters. The Bertz CT molecular complexity index is 1110. The van der Waals surface area contributed by atoms with Gasteiger partial charge in [0, 0.05) is 0 Å². The van der Waals surface area contributed by atoms with Crippen molar-refractivity contribution in [3.63, 3.8) is 0 Å². The highest BCUT2D eigenvalue weighted by molar-refractivity contribution is 5.94. The van der Waals surface area contributed by atoms with Crippen molar-refractivity contribution in [1.82, 2.24) is 5.32 Å². The molecule has 158 valence electrons. The number of aliphatic carboxylic acids is 1. The first-order chi connectivity index (χ1) is 14.9. The van der Waals surface area contributed by atoms with E-state index in [4.69, 9.17) is 10.00 Å². The number of hydrogen-bond acceptors (Lipinski definition) is 4. The van der Waals surface area contributed by atoms with Gasteiger partial charge in [-0.3, -0.25) is 4.79 Å². The van der Waals surface area contributed by atoms with Gasteiger partial charge in [0.15, 0.2) is 0 Å². The smallest absolute Gasteiger partial charge is 0.366 e. The second kappa shape index (κ2) is 9.77. The van der Waals surface area contributed by atoms with E-state index < -0.39 is 24.0 Å². The van der Waals surface area contributed by atoms with Crippen LogP contribution in [-0.4, -0.2) is 23.2 Å². The Labute approximate surface area is 181 Å². The van der Waals surface area contributed by atoms with Gasteiger partial charge < -0.3 is 15.2 Å². The summed E-state index contributed by atoms with van der Waals surface area (Å²) in [6.45, 7) is 4.04. The van der Waals surface area contributed by atoms with E-state index in [0.717, 1.165) is 16.3 Å². The molecule has 6 heteroatoms. The number of benzene rings is 3. The second-order valence-electron chi connectivity index (χ2n) is 7.73. The average molecular weight is 416 g/mol. The van der Waals surface area contributed by atoms with Crippen LogP contribution in [0.4, 0.5) is 0 Å². The number of carbonyl (C=O) groups excluding carboxylic acids is 1. The molecule has 0 heterocycles. The first kappa shape index (κ1) is 21.8. The Balaban J connectivity index is 1.87. The standard InChI is InChI=1S/C25H24N2O4/c1-16(2)14-22(21-9-5-7-18-6-3-4-8-20(18)21)23(28)27-24(25(29)30)31-19-12-10-17(15-26)11-13-19/h3-13,16,22,24H,14H2,1-2H3,(H,27,28)(H,29,30). The molecule has 1 amide bonds. The van der Waals surface area contributed by atoms with E-state index in [1.807, 2.05) is 62.4 Å². The first-order valence-electron chi connectivity index (χ1n) is 10.1. The number of carboxylic acids is 1. The van der Waals surface area contributed by atoms with Gasteiger partial charge in [0.25, 0.3) is 6.23 Å². The molecule has 0 aliphatic carbocycles. The van der Waals surface area contributed by atoms with Gasteiger partial charge >= 0.3 is 5.97 Å². The number of ether oxygens (including phenoxy) is 1. The Morgan fingerprint density at radius 1 is 1.03 bits per heavy atom. The van der Waals surface area contributed by atoms with Gasteiger partial charge in [-0.2, -0.15) is 5.26 Å². The maximum absolute atomic E-state index is 13.2. The summed E-state index contributed by atoms with van der Waals surface area (Å²) in [6.07, 6.45) is -0.992. The lowest BCUT2D eigenvalue weighted by molar-refractivity contribution is -0.149. The van der Waals surface area contributed by atoms with Gasteiger partial charge in [-0.05, 0) is 52.9 Å². The van der Waals surface area contributed by atoms with E-state index in [9.17, 15) is 14.7 Å².